The van der Waals surface area contributed by atoms with Crippen LogP contribution in [0.4, 0.5) is 5.00 Å². The monoisotopic (exact) mass is 268 g/mol. The lowest BCUT2D eigenvalue weighted by Crippen LogP contribution is -2.21. The molecule has 0 fully saturated rings. The van der Waals surface area contributed by atoms with Crippen molar-refractivity contribution in [2.75, 3.05) is 19.5 Å². The van der Waals surface area contributed by atoms with Crippen LogP contribution in [0.25, 0.3) is 11.5 Å². The Labute approximate surface area is 110 Å². The Bertz CT molecular complexity index is 547. The molecule has 0 aliphatic rings. The molecule has 0 radical (unpaired) electrons. The van der Waals surface area contributed by atoms with Gasteiger partial charge in [0.2, 0.25) is 5.82 Å². The van der Waals surface area contributed by atoms with E-state index >= 15 is 0 Å². The molecule has 0 saturated carbocycles. The normalized spacial score (nSPS) is 11.8. The maximum Gasteiger partial charge on any atom is 0.262 e. The van der Waals surface area contributed by atoms with Gasteiger partial charge in [-0.3, -0.25) is 0 Å². The van der Waals surface area contributed by atoms with Crippen molar-refractivity contribution in [1.29, 1.82) is 0 Å². The average Bonchev–Trinajstić information content (AvgIpc) is 2.95. The van der Waals surface area contributed by atoms with E-state index in [4.69, 9.17) is 9.26 Å². The fraction of sp³-hybridized carbons (Fsp3) is 0.545. The van der Waals surface area contributed by atoms with Crippen molar-refractivity contribution in [3.8, 4) is 11.5 Å². The van der Waals surface area contributed by atoms with Gasteiger partial charge >= 0.3 is 0 Å². The summed E-state index contributed by atoms with van der Waals surface area (Å²) in [5.41, 5.74) is 1.15. The Balaban J connectivity index is 2.44. The van der Waals surface area contributed by atoms with Crippen LogP contribution in [0.2, 0.25) is 0 Å². The molecule has 0 saturated heterocycles. The fourth-order valence-corrected chi connectivity index (χ4v) is 2.19. The van der Waals surface area contributed by atoms with Gasteiger partial charge in [-0.2, -0.15) is 9.36 Å². The van der Waals surface area contributed by atoms with Crippen molar-refractivity contribution in [3.05, 3.63) is 11.5 Å². The standard InChI is InChI=1S/C11H16N4O2S/c1-6-7(9(12-4)18-15-6)8-13-10(14-17-8)11(2,3)16-5/h12H,1-5H3. The SMILES string of the molecule is CNc1snc(C)c1-c1nc(C(C)(C)OC)no1. The van der Waals surface area contributed by atoms with E-state index in [-0.39, 0.29) is 0 Å². The highest BCUT2D eigenvalue weighted by atomic mass is 32.1. The van der Waals surface area contributed by atoms with Crippen molar-refractivity contribution in [1.82, 2.24) is 14.5 Å². The fourth-order valence-electron chi connectivity index (χ4n) is 1.45. The number of aryl methyl sites for hydroxylation is 1. The summed E-state index contributed by atoms with van der Waals surface area (Å²) in [6.07, 6.45) is 0. The highest BCUT2D eigenvalue weighted by molar-refractivity contribution is 7.10. The number of nitrogens with one attached hydrogen (secondary N) is 1. The number of hydrogen-bond acceptors (Lipinski definition) is 7. The quantitative estimate of drug-likeness (QED) is 0.918. The summed E-state index contributed by atoms with van der Waals surface area (Å²) < 4.78 is 14.9. The van der Waals surface area contributed by atoms with E-state index in [9.17, 15) is 0 Å². The molecule has 0 aromatic carbocycles. The molecule has 0 aliphatic carbocycles. The summed E-state index contributed by atoms with van der Waals surface area (Å²) in [5.74, 6) is 0.985. The minimum absolute atomic E-state index is 0.464. The molecule has 6 nitrogen and oxygen atoms in total. The maximum absolute atomic E-state index is 5.33. The lowest BCUT2D eigenvalue weighted by atomic mass is 10.1. The van der Waals surface area contributed by atoms with Crippen molar-refractivity contribution in [3.63, 3.8) is 0 Å². The molecular weight excluding hydrogens is 252 g/mol. The summed E-state index contributed by atoms with van der Waals surface area (Å²) in [6.45, 7) is 5.69. The summed E-state index contributed by atoms with van der Waals surface area (Å²) in [7, 11) is 3.46. The predicted octanol–water partition coefficient (Wildman–Crippen LogP) is 2.42. The third kappa shape index (κ3) is 2.11. The second kappa shape index (κ2) is 4.66. The molecular formula is C11H16N4O2S. The van der Waals surface area contributed by atoms with Gasteiger partial charge in [0, 0.05) is 14.2 Å². The number of anilines is 1. The maximum atomic E-state index is 5.33. The number of rotatable bonds is 4. The first-order valence-electron chi connectivity index (χ1n) is 5.53. The van der Waals surface area contributed by atoms with Crippen LogP contribution in [0.5, 0.6) is 0 Å². The molecule has 7 heteroatoms. The van der Waals surface area contributed by atoms with Gasteiger partial charge in [0.25, 0.3) is 5.89 Å². The zero-order chi connectivity index (χ0) is 13.3. The molecule has 2 rings (SSSR count). The van der Waals surface area contributed by atoms with Crippen molar-refractivity contribution in [2.45, 2.75) is 26.4 Å². The van der Waals surface area contributed by atoms with Crippen LogP contribution in [-0.4, -0.2) is 28.7 Å². The van der Waals surface area contributed by atoms with Gasteiger partial charge in [-0.25, -0.2) is 0 Å². The summed E-state index contributed by atoms with van der Waals surface area (Å²) in [4.78, 5) is 4.39. The molecule has 0 atom stereocenters. The largest absolute Gasteiger partial charge is 0.378 e. The topological polar surface area (TPSA) is 73.1 Å². The number of nitrogens with zero attached hydrogens (tertiary/aromatic N) is 3. The van der Waals surface area contributed by atoms with Gasteiger partial charge in [0.05, 0.1) is 11.3 Å². The molecule has 0 aliphatic heterocycles. The molecule has 0 unspecified atom stereocenters. The number of aromatic nitrogens is 3. The Morgan fingerprint density at radius 2 is 2.11 bits per heavy atom. The first-order chi connectivity index (χ1) is 8.49. The number of hydrogen-bond donors (Lipinski definition) is 1. The van der Waals surface area contributed by atoms with Crippen LogP contribution in [-0.2, 0) is 10.3 Å². The van der Waals surface area contributed by atoms with Gasteiger partial charge in [0.1, 0.15) is 10.6 Å². The molecule has 2 heterocycles. The first kappa shape index (κ1) is 13.0. The zero-order valence-corrected chi connectivity index (χ0v) is 11.9. The zero-order valence-electron chi connectivity index (χ0n) is 11.1. The lowest BCUT2D eigenvalue weighted by molar-refractivity contribution is 0.00973. The number of ether oxygens (including phenoxy) is 1. The highest BCUT2D eigenvalue weighted by Gasteiger charge is 2.28. The Morgan fingerprint density at radius 3 is 2.72 bits per heavy atom. The Morgan fingerprint density at radius 1 is 1.39 bits per heavy atom. The van der Waals surface area contributed by atoms with Gasteiger partial charge in [-0.1, -0.05) is 5.16 Å². The summed E-state index contributed by atoms with van der Waals surface area (Å²) >= 11 is 1.37. The smallest absolute Gasteiger partial charge is 0.262 e. The van der Waals surface area contributed by atoms with Gasteiger partial charge in [-0.15, -0.1) is 0 Å². The molecule has 98 valence electrons. The van der Waals surface area contributed by atoms with Gasteiger partial charge < -0.3 is 14.6 Å². The first-order valence-corrected chi connectivity index (χ1v) is 6.30. The summed E-state index contributed by atoms with van der Waals surface area (Å²) in [6, 6.07) is 0. The average molecular weight is 268 g/mol. The second-order valence-electron chi connectivity index (χ2n) is 4.36. The van der Waals surface area contributed by atoms with Crippen LogP contribution in [0.15, 0.2) is 4.52 Å². The van der Waals surface area contributed by atoms with E-state index in [1.54, 1.807) is 7.11 Å². The van der Waals surface area contributed by atoms with E-state index in [1.807, 2.05) is 27.8 Å². The predicted molar refractivity (Wildman–Crippen MR) is 69.7 cm³/mol. The van der Waals surface area contributed by atoms with Crippen molar-refractivity contribution in [2.24, 2.45) is 0 Å². The molecule has 2 aromatic rings. The van der Waals surface area contributed by atoms with E-state index in [1.165, 1.54) is 11.5 Å². The second-order valence-corrected chi connectivity index (χ2v) is 5.13. The van der Waals surface area contributed by atoms with Crippen LogP contribution in [0, 0.1) is 6.92 Å². The van der Waals surface area contributed by atoms with Crippen molar-refractivity contribution < 1.29 is 9.26 Å². The highest BCUT2D eigenvalue weighted by Crippen LogP contribution is 2.34. The molecule has 18 heavy (non-hydrogen) atoms. The van der Waals surface area contributed by atoms with E-state index in [0.29, 0.717) is 11.7 Å². The van der Waals surface area contributed by atoms with Gasteiger partial charge in [0.15, 0.2) is 0 Å². The molecule has 0 amide bonds. The molecule has 1 N–H and O–H groups in total. The molecule has 2 aromatic heterocycles. The van der Waals surface area contributed by atoms with E-state index in [0.717, 1.165) is 16.3 Å². The lowest BCUT2D eigenvalue weighted by Gasteiger charge is -2.17. The van der Waals surface area contributed by atoms with Crippen LogP contribution >= 0.6 is 11.5 Å². The Kier molecular flexibility index (Phi) is 3.36. The van der Waals surface area contributed by atoms with E-state index < -0.39 is 5.60 Å². The van der Waals surface area contributed by atoms with Gasteiger partial charge in [-0.05, 0) is 32.3 Å². The van der Waals surface area contributed by atoms with Crippen LogP contribution in [0.1, 0.15) is 25.4 Å². The number of methoxy groups -OCH3 is 1. The van der Waals surface area contributed by atoms with E-state index in [2.05, 4.69) is 19.8 Å². The minimum atomic E-state index is -0.571. The Hall–Kier alpha value is -1.47. The van der Waals surface area contributed by atoms with Crippen LogP contribution in [0.3, 0.4) is 0 Å². The molecule has 0 bridgehead atoms. The molecule has 0 spiro atoms. The van der Waals surface area contributed by atoms with Crippen molar-refractivity contribution >= 4 is 16.5 Å². The third-order valence-electron chi connectivity index (χ3n) is 2.78. The minimum Gasteiger partial charge on any atom is -0.378 e. The van der Waals surface area contributed by atoms with Crippen LogP contribution < -0.4 is 5.32 Å². The summed E-state index contributed by atoms with van der Waals surface area (Å²) in [5, 5.41) is 7.96. The third-order valence-corrected chi connectivity index (χ3v) is 3.73.